The van der Waals surface area contributed by atoms with Crippen molar-refractivity contribution in [1.82, 2.24) is 0 Å². The normalized spacial score (nSPS) is 28.9. The molecule has 0 bridgehead atoms. The molecule has 2 atom stereocenters. The molecule has 2 rings (SSSR count). The predicted octanol–water partition coefficient (Wildman–Crippen LogP) is 3.24. The summed E-state index contributed by atoms with van der Waals surface area (Å²) in [6.07, 6.45) is 2.82. The van der Waals surface area contributed by atoms with E-state index in [1.54, 1.807) is 0 Å². The molecule has 1 saturated carbocycles. The fourth-order valence-corrected chi connectivity index (χ4v) is 2.44. The molecular formula is C15H21FO2. The van der Waals surface area contributed by atoms with Gasteiger partial charge in [0.2, 0.25) is 0 Å². The van der Waals surface area contributed by atoms with Crippen molar-refractivity contribution in [1.29, 1.82) is 0 Å². The van der Waals surface area contributed by atoms with Crippen LogP contribution in [0.25, 0.3) is 0 Å². The molecule has 2 nitrogen and oxygen atoms in total. The first-order valence-corrected chi connectivity index (χ1v) is 6.69. The fourth-order valence-electron chi connectivity index (χ4n) is 2.44. The van der Waals surface area contributed by atoms with E-state index in [4.69, 9.17) is 4.74 Å². The third kappa shape index (κ3) is 3.53. The lowest BCUT2D eigenvalue weighted by Crippen LogP contribution is -2.41. The molecule has 3 heteroatoms. The van der Waals surface area contributed by atoms with Gasteiger partial charge in [0.15, 0.2) is 5.67 Å². The van der Waals surface area contributed by atoms with Crippen LogP contribution in [-0.4, -0.2) is 23.5 Å². The summed E-state index contributed by atoms with van der Waals surface area (Å²) in [5.74, 6) is 0. The Labute approximate surface area is 108 Å². The van der Waals surface area contributed by atoms with Crippen LogP contribution in [-0.2, 0) is 11.3 Å². The summed E-state index contributed by atoms with van der Waals surface area (Å²) in [6.45, 7) is 0.391. The molecule has 0 aromatic heterocycles. The van der Waals surface area contributed by atoms with Gasteiger partial charge in [0, 0.05) is 0 Å². The van der Waals surface area contributed by atoms with Crippen molar-refractivity contribution < 1.29 is 14.2 Å². The molecule has 1 fully saturated rings. The van der Waals surface area contributed by atoms with Gasteiger partial charge in [-0.25, -0.2) is 4.39 Å². The number of halogens is 1. The van der Waals surface area contributed by atoms with Crippen LogP contribution in [0.15, 0.2) is 30.3 Å². The maximum absolute atomic E-state index is 14.6. The van der Waals surface area contributed by atoms with Crippen molar-refractivity contribution in [2.75, 3.05) is 6.61 Å². The monoisotopic (exact) mass is 252 g/mol. The number of aliphatic hydroxyl groups excluding tert-OH is 1. The first kappa shape index (κ1) is 13.5. The SMILES string of the molecule is OC1CCCCCC1(F)COCc1ccccc1. The highest BCUT2D eigenvalue weighted by atomic mass is 19.1. The minimum Gasteiger partial charge on any atom is -0.390 e. The van der Waals surface area contributed by atoms with E-state index in [1.165, 1.54) is 0 Å². The summed E-state index contributed by atoms with van der Waals surface area (Å²) in [4.78, 5) is 0. The van der Waals surface area contributed by atoms with Gasteiger partial charge in [-0.05, 0) is 18.4 Å². The first-order chi connectivity index (χ1) is 8.71. The van der Waals surface area contributed by atoms with Crippen LogP contribution < -0.4 is 0 Å². The Bertz CT molecular complexity index is 355. The second-order valence-corrected chi connectivity index (χ2v) is 5.13. The molecule has 0 aliphatic heterocycles. The van der Waals surface area contributed by atoms with Gasteiger partial charge in [-0.1, -0.05) is 49.6 Å². The zero-order chi connectivity index (χ0) is 12.8. The van der Waals surface area contributed by atoms with Crippen LogP contribution in [0.2, 0.25) is 0 Å². The van der Waals surface area contributed by atoms with E-state index < -0.39 is 11.8 Å². The van der Waals surface area contributed by atoms with Crippen LogP contribution in [0.3, 0.4) is 0 Å². The van der Waals surface area contributed by atoms with Crippen LogP contribution in [0, 0.1) is 0 Å². The molecule has 0 saturated heterocycles. The molecule has 1 aliphatic rings. The molecule has 0 radical (unpaired) electrons. The average Bonchev–Trinajstić information content (AvgIpc) is 2.54. The standard InChI is InChI=1S/C15H21FO2/c16-15(10-6-2-5-9-14(15)17)12-18-11-13-7-3-1-4-8-13/h1,3-4,7-8,14,17H,2,5-6,9-12H2. The minimum atomic E-state index is -1.56. The lowest BCUT2D eigenvalue weighted by atomic mass is 9.94. The predicted molar refractivity (Wildman–Crippen MR) is 69.0 cm³/mol. The number of benzene rings is 1. The second kappa shape index (κ2) is 6.30. The first-order valence-electron chi connectivity index (χ1n) is 6.69. The zero-order valence-corrected chi connectivity index (χ0v) is 10.6. The van der Waals surface area contributed by atoms with E-state index in [1.807, 2.05) is 30.3 Å². The molecule has 0 amide bonds. The smallest absolute Gasteiger partial charge is 0.159 e. The number of aliphatic hydroxyl groups is 1. The van der Waals surface area contributed by atoms with Crippen LogP contribution in [0.1, 0.15) is 37.7 Å². The molecule has 1 aromatic rings. The average molecular weight is 252 g/mol. The Balaban J connectivity index is 1.84. The van der Waals surface area contributed by atoms with E-state index >= 15 is 0 Å². The third-order valence-electron chi connectivity index (χ3n) is 3.62. The van der Waals surface area contributed by atoms with Gasteiger partial charge in [0.05, 0.1) is 19.3 Å². The van der Waals surface area contributed by atoms with Gasteiger partial charge in [0.1, 0.15) is 0 Å². The number of ether oxygens (including phenoxy) is 1. The lowest BCUT2D eigenvalue weighted by molar-refractivity contribution is -0.0749. The number of hydrogen-bond donors (Lipinski definition) is 1. The lowest BCUT2D eigenvalue weighted by Gasteiger charge is -2.28. The molecule has 0 heterocycles. The number of hydrogen-bond acceptors (Lipinski definition) is 2. The third-order valence-corrected chi connectivity index (χ3v) is 3.62. The fraction of sp³-hybridized carbons (Fsp3) is 0.600. The Kier molecular flexibility index (Phi) is 4.72. The number of rotatable bonds is 4. The summed E-state index contributed by atoms with van der Waals surface area (Å²) in [7, 11) is 0. The van der Waals surface area contributed by atoms with Gasteiger partial charge in [-0.15, -0.1) is 0 Å². The van der Waals surface area contributed by atoms with Crippen molar-refractivity contribution in [3.8, 4) is 0 Å². The van der Waals surface area contributed by atoms with E-state index in [0.717, 1.165) is 24.8 Å². The number of alkyl halides is 1. The molecule has 1 aromatic carbocycles. The molecule has 0 spiro atoms. The summed E-state index contributed by atoms with van der Waals surface area (Å²) in [5.41, 5.74) is -0.533. The summed E-state index contributed by atoms with van der Waals surface area (Å²) in [6, 6.07) is 9.72. The second-order valence-electron chi connectivity index (χ2n) is 5.13. The molecule has 18 heavy (non-hydrogen) atoms. The van der Waals surface area contributed by atoms with E-state index in [-0.39, 0.29) is 6.61 Å². The van der Waals surface area contributed by atoms with Gasteiger partial charge in [0.25, 0.3) is 0 Å². The van der Waals surface area contributed by atoms with E-state index in [0.29, 0.717) is 19.4 Å². The molecule has 1 N–H and O–H groups in total. The zero-order valence-electron chi connectivity index (χ0n) is 10.6. The van der Waals surface area contributed by atoms with E-state index in [9.17, 15) is 9.50 Å². The highest BCUT2D eigenvalue weighted by Crippen LogP contribution is 2.31. The molecular weight excluding hydrogens is 231 g/mol. The van der Waals surface area contributed by atoms with E-state index in [2.05, 4.69) is 0 Å². The maximum Gasteiger partial charge on any atom is 0.159 e. The summed E-state index contributed by atoms with van der Waals surface area (Å²) >= 11 is 0. The van der Waals surface area contributed by atoms with Crippen LogP contribution in [0.4, 0.5) is 4.39 Å². The van der Waals surface area contributed by atoms with Gasteiger partial charge < -0.3 is 9.84 Å². The topological polar surface area (TPSA) is 29.5 Å². The van der Waals surface area contributed by atoms with Crippen molar-refractivity contribution in [3.63, 3.8) is 0 Å². The van der Waals surface area contributed by atoms with Gasteiger partial charge in [-0.3, -0.25) is 0 Å². The Morgan fingerprint density at radius 1 is 1.22 bits per heavy atom. The van der Waals surface area contributed by atoms with Crippen LogP contribution in [0.5, 0.6) is 0 Å². The van der Waals surface area contributed by atoms with Gasteiger partial charge >= 0.3 is 0 Å². The molecule has 1 aliphatic carbocycles. The molecule has 100 valence electrons. The van der Waals surface area contributed by atoms with Gasteiger partial charge in [-0.2, -0.15) is 0 Å². The highest BCUT2D eigenvalue weighted by Gasteiger charge is 2.39. The van der Waals surface area contributed by atoms with Crippen molar-refractivity contribution >= 4 is 0 Å². The minimum absolute atomic E-state index is 0.0109. The Morgan fingerprint density at radius 3 is 2.78 bits per heavy atom. The van der Waals surface area contributed by atoms with Crippen LogP contribution >= 0.6 is 0 Å². The Hall–Kier alpha value is -0.930. The molecule has 2 unspecified atom stereocenters. The van der Waals surface area contributed by atoms with Crippen molar-refractivity contribution in [2.24, 2.45) is 0 Å². The largest absolute Gasteiger partial charge is 0.390 e. The van der Waals surface area contributed by atoms with Crippen molar-refractivity contribution in [2.45, 2.75) is 50.5 Å². The highest BCUT2D eigenvalue weighted by molar-refractivity contribution is 5.13. The van der Waals surface area contributed by atoms with Crippen molar-refractivity contribution in [3.05, 3.63) is 35.9 Å². The quantitative estimate of drug-likeness (QED) is 0.834. The Morgan fingerprint density at radius 2 is 2.00 bits per heavy atom. The summed E-state index contributed by atoms with van der Waals surface area (Å²) in [5, 5.41) is 9.85. The summed E-state index contributed by atoms with van der Waals surface area (Å²) < 4.78 is 20.0. The maximum atomic E-state index is 14.6.